The van der Waals surface area contributed by atoms with Gasteiger partial charge in [0.2, 0.25) is 0 Å². The number of ether oxygens (including phenoxy) is 1. The van der Waals surface area contributed by atoms with Gasteiger partial charge in [0.05, 0.1) is 18.6 Å². The molecule has 0 bridgehead atoms. The van der Waals surface area contributed by atoms with Crippen molar-refractivity contribution in [3.63, 3.8) is 0 Å². The lowest BCUT2D eigenvalue weighted by atomic mass is 10.2. The standard InChI is InChI=1S/C14H15FN2O2/c1-3-19-9-8-13-10(2)16-17(14(13)18)12-6-4-11(15)5-7-12/h3-7,16H,1,8-9H2,2H3. The largest absolute Gasteiger partial charge is 0.501 e. The summed E-state index contributed by atoms with van der Waals surface area (Å²) >= 11 is 0. The van der Waals surface area contributed by atoms with Gasteiger partial charge in [-0.3, -0.25) is 9.89 Å². The van der Waals surface area contributed by atoms with Crippen LogP contribution in [0.15, 0.2) is 41.9 Å². The van der Waals surface area contributed by atoms with Gasteiger partial charge in [-0.25, -0.2) is 9.07 Å². The third-order valence-electron chi connectivity index (χ3n) is 2.87. The van der Waals surface area contributed by atoms with Gasteiger partial charge < -0.3 is 4.74 Å². The van der Waals surface area contributed by atoms with Gasteiger partial charge in [0.1, 0.15) is 5.82 Å². The molecule has 0 atom stereocenters. The second-order valence-corrected chi connectivity index (χ2v) is 4.12. The van der Waals surface area contributed by atoms with E-state index in [2.05, 4.69) is 11.7 Å². The van der Waals surface area contributed by atoms with E-state index in [1.54, 1.807) is 12.1 Å². The average Bonchev–Trinajstić information content (AvgIpc) is 2.68. The highest BCUT2D eigenvalue weighted by Crippen LogP contribution is 2.09. The molecule has 0 radical (unpaired) electrons. The van der Waals surface area contributed by atoms with Crippen molar-refractivity contribution in [1.29, 1.82) is 0 Å². The molecule has 0 aliphatic carbocycles. The van der Waals surface area contributed by atoms with Gasteiger partial charge in [-0.05, 0) is 31.2 Å². The summed E-state index contributed by atoms with van der Waals surface area (Å²) in [6.07, 6.45) is 1.85. The molecule has 0 saturated carbocycles. The molecular weight excluding hydrogens is 247 g/mol. The number of aromatic nitrogens is 2. The maximum absolute atomic E-state index is 12.9. The van der Waals surface area contributed by atoms with E-state index in [0.717, 1.165) is 5.69 Å². The van der Waals surface area contributed by atoms with Crippen LogP contribution >= 0.6 is 0 Å². The molecule has 0 fully saturated rings. The van der Waals surface area contributed by atoms with E-state index in [1.165, 1.54) is 23.1 Å². The summed E-state index contributed by atoms with van der Waals surface area (Å²) in [5.41, 5.74) is 1.90. The quantitative estimate of drug-likeness (QED) is 0.664. The Morgan fingerprint density at radius 1 is 1.42 bits per heavy atom. The van der Waals surface area contributed by atoms with Crippen LogP contribution in [0.1, 0.15) is 11.3 Å². The maximum atomic E-state index is 12.9. The molecule has 1 aromatic heterocycles. The van der Waals surface area contributed by atoms with Crippen LogP contribution in [0.2, 0.25) is 0 Å². The van der Waals surface area contributed by atoms with Gasteiger partial charge in [-0.1, -0.05) is 6.58 Å². The molecule has 5 heteroatoms. The van der Waals surface area contributed by atoms with Crippen LogP contribution in [0.25, 0.3) is 5.69 Å². The Labute approximate surface area is 110 Å². The number of nitrogens with one attached hydrogen (secondary N) is 1. The molecule has 0 amide bonds. The van der Waals surface area contributed by atoms with Crippen molar-refractivity contribution in [2.45, 2.75) is 13.3 Å². The number of hydrogen-bond donors (Lipinski definition) is 1. The van der Waals surface area contributed by atoms with Gasteiger partial charge in [-0.15, -0.1) is 0 Å². The van der Waals surface area contributed by atoms with E-state index >= 15 is 0 Å². The first-order valence-corrected chi connectivity index (χ1v) is 5.92. The normalized spacial score (nSPS) is 10.4. The molecule has 100 valence electrons. The first kappa shape index (κ1) is 13.1. The zero-order chi connectivity index (χ0) is 13.8. The van der Waals surface area contributed by atoms with E-state index in [9.17, 15) is 9.18 Å². The van der Waals surface area contributed by atoms with Crippen LogP contribution in [0.3, 0.4) is 0 Å². The van der Waals surface area contributed by atoms with Crippen molar-refractivity contribution in [2.75, 3.05) is 6.61 Å². The molecule has 0 unspecified atom stereocenters. The minimum atomic E-state index is -0.334. The second-order valence-electron chi connectivity index (χ2n) is 4.12. The van der Waals surface area contributed by atoms with E-state index in [4.69, 9.17) is 4.74 Å². The highest BCUT2D eigenvalue weighted by atomic mass is 19.1. The number of benzene rings is 1. The summed E-state index contributed by atoms with van der Waals surface area (Å²) in [7, 11) is 0. The van der Waals surface area contributed by atoms with Crippen molar-refractivity contribution < 1.29 is 9.13 Å². The van der Waals surface area contributed by atoms with Gasteiger partial charge in [0.15, 0.2) is 0 Å². The Morgan fingerprint density at radius 3 is 2.74 bits per heavy atom. The molecule has 1 aromatic carbocycles. The summed E-state index contributed by atoms with van der Waals surface area (Å²) in [5.74, 6) is -0.334. The predicted octanol–water partition coefficient (Wildman–Crippen LogP) is 2.32. The third kappa shape index (κ3) is 2.76. The molecule has 2 rings (SSSR count). The zero-order valence-corrected chi connectivity index (χ0v) is 10.6. The summed E-state index contributed by atoms with van der Waals surface area (Å²) in [5, 5.41) is 2.98. The van der Waals surface area contributed by atoms with E-state index in [1.807, 2.05) is 6.92 Å². The molecule has 0 saturated heterocycles. The average molecular weight is 262 g/mol. The predicted molar refractivity (Wildman–Crippen MR) is 70.9 cm³/mol. The highest BCUT2D eigenvalue weighted by molar-refractivity contribution is 5.33. The number of aromatic amines is 1. The smallest absolute Gasteiger partial charge is 0.274 e. The molecule has 0 aliphatic heterocycles. The molecule has 4 nitrogen and oxygen atoms in total. The number of rotatable bonds is 5. The molecule has 1 heterocycles. The topological polar surface area (TPSA) is 47.0 Å². The van der Waals surface area contributed by atoms with Crippen LogP contribution < -0.4 is 5.56 Å². The Hall–Kier alpha value is -2.30. The van der Waals surface area contributed by atoms with Gasteiger partial charge in [-0.2, -0.15) is 0 Å². The fourth-order valence-electron chi connectivity index (χ4n) is 1.89. The third-order valence-corrected chi connectivity index (χ3v) is 2.87. The number of aryl methyl sites for hydroxylation is 1. The van der Waals surface area contributed by atoms with Crippen LogP contribution in [0.4, 0.5) is 4.39 Å². The molecule has 1 N–H and O–H groups in total. The van der Waals surface area contributed by atoms with Crippen molar-refractivity contribution in [3.05, 3.63) is 64.5 Å². The van der Waals surface area contributed by atoms with Gasteiger partial charge >= 0.3 is 0 Å². The summed E-state index contributed by atoms with van der Waals surface area (Å²) in [6.45, 7) is 5.68. The monoisotopic (exact) mass is 262 g/mol. The van der Waals surface area contributed by atoms with Crippen molar-refractivity contribution in [2.24, 2.45) is 0 Å². The summed E-state index contributed by atoms with van der Waals surface area (Å²) in [6, 6.07) is 5.74. The lowest BCUT2D eigenvalue weighted by Gasteiger charge is -2.00. The number of H-pyrrole nitrogens is 1. The fourth-order valence-corrected chi connectivity index (χ4v) is 1.89. The molecule has 0 spiro atoms. The van der Waals surface area contributed by atoms with Crippen molar-refractivity contribution in [1.82, 2.24) is 9.78 Å². The van der Waals surface area contributed by atoms with Crippen molar-refractivity contribution in [3.8, 4) is 5.69 Å². The number of halogens is 1. The van der Waals surface area contributed by atoms with Gasteiger partial charge in [0, 0.05) is 17.7 Å². The molecular formula is C14H15FN2O2. The number of hydrogen-bond acceptors (Lipinski definition) is 2. The van der Waals surface area contributed by atoms with E-state index < -0.39 is 0 Å². The van der Waals surface area contributed by atoms with Crippen molar-refractivity contribution >= 4 is 0 Å². The van der Waals surface area contributed by atoms with Crippen LogP contribution in [-0.4, -0.2) is 16.4 Å². The maximum Gasteiger partial charge on any atom is 0.274 e. The SMILES string of the molecule is C=COCCc1c(C)[nH]n(-c2ccc(F)cc2)c1=O. The first-order chi connectivity index (χ1) is 9.13. The summed E-state index contributed by atoms with van der Waals surface area (Å²) < 4.78 is 19.3. The molecule has 19 heavy (non-hydrogen) atoms. The minimum absolute atomic E-state index is 0.142. The van der Waals surface area contributed by atoms with Crippen LogP contribution in [0.5, 0.6) is 0 Å². The lowest BCUT2D eigenvalue weighted by molar-refractivity contribution is 0.254. The molecule has 2 aromatic rings. The highest BCUT2D eigenvalue weighted by Gasteiger charge is 2.12. The second kappa shape index (κ2) is 5.56. The Morgan fingerprint density at radius 2 is 2.11 bits per heavy atom. The summed E-state index contributed by atoms with van der Waals surface area (Å²) in [4.78, 5) is 12.2. The van der Waals surface area contributed by atoms with Crippen LogP contribution in [0, 0.1) is 12.7 Å². The Bertz CT molecular complexity index is 626. The Balaban J connectivity index is 2.33. The number of nitrogens with zero attached hydrogens (tertiary/aromatic N) is 1. The van der Waals surface area contributed by atoms with E-state index in [0.29, 0.717) is 24.3 Å². The lowest BCUT2D eigenvalue weighted by Crippen LogP contribution is -2.18. The van der Waals surface area contributed by atoms with Crippen LogP contribution in [-0.2, 0) is 11.2 Å². The zero-order valence-electron chi connectivity index (χ0n) is 10.6. The fraction of sp³-hybridized carbons (Fsp3) is 0.214. The van der Waals surface area contributed by atoms with Gasteiger partial charge in [0.25, 0.3) is 5.56 Å². The molecule has 0 aliphatic rings. The first-order valence-electron chi connectivity index (χ1n) is 5.92. The Kier molecular flexibility index (Phi) is 3.85. The minimum Gasteiger partial charge on any atom is -0.501 e. The van der Waals surface area contributed by atoms with E-state index in [-0.39, 0.29) is 11.4 Å².